The number of rotatable bonds is 2. The van der Waals surface area contributed by atoms with Crippen molar-refractivity contribution in [2.24, 2.45) is 0 Å². The number of aromatic hydroxyl groups is 1. The van der Waals surface area contributed by atoms with E-state index < -0.39 is 0 Å². The van der Waals surface area contributed by atoms with Crippen LogP contribution in [0.3, 0.4) is 0 Å². The Bertz CT molecular complexity index is 551. The first-order chi connectivity index (χ1) is 8.49. The lowest BCUT2D eigenvalue weighted by Crippen LogP contribution is -1.92. The van der Waals surface area contributed by atoms with Gasteiger partial charge in [0.2, 0.25) is 0 Å². The van der Waals surface area contributed by atoms with Gasteiger partial charge in [0.05, 0.1) is 10.0 Å². The molecule has 0 aliphatic carbocycles. The topological polar surface area (TPSA) is 29.5 Å². The molecule has 0 spiro atoms. The van der Waals surface area contributed by atoms with Crippen LogP contribution in [0.5, 0.6) is 17.2 Å². The molecule has 2 aromatic carbocycles. The molecule has 2 rings (SSSR count). The number of benzene rings is 2. The molecule has 0 aromatic heterocycles. The summed E-state index contributed by atoms with van der Waals surface area (Å²) in [4.78, 5) is 0. The molecule has 18 heavy (non-hydrogen) atoms. The lowest BCUT2D eigenvalue weighted by atomic mass is 10.1. The highest BCUT2D eigenvalue weighted by atomic mass is 35.5. The van der Waals surface area contributed by atoms with E-state index >= 15 is 0 Å². The first-order valence-electron chi connectivity index (χ1n) is 5.32. The molecule has 0 heterocycles. The molecule has 0 aliphatic rings. The Kier molecular flexibility index (Phi) is 3.69. The lowest BCUT2D eigenvalue weighted by Gasteiger charge is -2.14. The third-order valence-electron chi connectivity index (χ3n) is 2.50. The standard InChI is InChI=1S/C14H11Cl2O2/c1-8-4-3-5-9(2)13(8)18-14-11(15)6-10(17)7-12(14)16/h4-7,17H,1-2H3. The van der Waals surface area contributed by atoms with Gasteiger partial charge in [-0.1, -0.05) is 23.2 Å². The highest BCUT2D eigenvalue weighted by Crippen LogP contribution is 2.40. The van der Waals surface area contributed by atoms with Crippen LogP contribution < -0.4 is 4.74 Å². The first-order valence-corrected chi connectivity index (χ1v) is 6.08. The summed E-state index contributed by atoms with van der Waals surface area (Å²) >= 11 is 12.0. The van der Waals surface area contributed by atoms with Crippen LogP contribution in [-0.2, 0) is 0 Å². The van der Waals surface area contributed by atoms with Crippen LogP contribution in [0.15, 0.2) is 24.3 Å². The molecule has 0 bridgehead atoms. The van der Waals surface area contributed by atoms with Crippen LogP contribution in [0, 0.1) is 19.9 Å². The Morgan fingerprint density at radius 1 is 1.00 bits per heavy atom. The normalized spacial score (nSPS) is 10.4. The largest absolute Gasteiger partial charge is 0.508 e. The van der Waals surface area contributed by atoms with Crippen LogP contribution in [0.2, 0.25) is 10.0 Å². The average molecular weight is 282 g/mol. The third-order valence-corrected chi connectivity index (χ3v) is 3.06. The minimum absolute atomic E-state index is 0.00666. The zero-order valence-electron chi connectivity index (χ0n) is 9.92. The van der Waals surface area contributed by atoms with Crippen molar-refractivity contribution in [3.8, 4) is 17.2 Å². The number of ether oxygens (including phenoxy) is 1. The number of hydrogen-bond donors (Lipinski definition) is 1. The monoisotopic (exact) mass is 281 g/mol. The van der Waals surface area contributed by atoms with Crippen molar-refractivity contribution in [3.63, 3.8) is 0 Å². The van der Waals surface area contributed by atoms with E-state index in [1.807, 2.05) is 26.0 Å². The van der Waals surface area contributed by atoms with Crippen molar-refractivity contribution < 1.29 is 9.84 Å². The van der Waals surface area contributed by atoms with Gasteiger partial charge in [0.15, 0.2) is 5.75 Å². The number of hydrogen-bond acceptors (Lipinski definition) is 2. The summed E-state index contributed by atoms with van der Waals surface area (Å²) in [6.07, 6.45) is 0. The molecule has 1 radical (unpaired) electrons. The summed E-state index contributed by atoms with van der Waals surface area (Å²) in [6, 6.07) is 9.44. The highest BCUT2D eigenvalue weighted by Gasteiger charge is 2.13. The number of aryl methyl sites for hydroxylation is 2. The Morgan fingerprint density at radius 3 is 2.00 bits per heavy atom. The molecule has 0 unspecified atom stereocenters. The summed E-state index contributed by atoms with van der Waals surface area (Å²) in [5, 5.41) is 9.90. The van der Waals surface area contributed by atoms with E-state index in [1.54, 1.807) is 0 Å². The van der Waals surface area contributed by atoms with Gasteiger partial charge in [-0.15, -0.1) is 0 Å². The first kappa shape index (κ1) is 13.1. The van der Waals surface area contributed by atoms with Gasteiger partial charge in [0.25, 0.3) is 0 Å². The maximum Gasteiger partial charge on any atom is 0.164 e. The van der Waals surface area contributed by atoms with Crippen LogP contribution >= 0.6 is 23.2 Å². The predicted octanol–water partition coefficient (Wildman–Crippen LogP) is 4.91. The second kappa shape index (κ2) is 5.09. The van der Waals surface area contributed by atoms with Gasteiger partial charge in [-0.3, -0.25) is 0 Å². The van der Waals surface area contributed by atoms with E-state index in [1.165, 1.54) is 12.1 Å². The fourth-order valence-electron chi connectivity index (χ4n) is 1.64. The molecular weight excluding hydrogens is 271 g/mol. The zero-order valence-corrected chi connectivity index (χ0v) is 11.4. The maximum absolute atomic E-state index is 9.36. The van der Waals surface area contributed by atoms with Gasteiger partial charge < -0.3 is 9.84 Å². The molecule has 0 amide bonds. The summed E-state index contributed by atoms with van der Waals surface area (Å²) in [6.45, 7) is 3.84. The van der Waals surface area contributed by atoms with E-state index in [2.05, 4.69) is 6.07 Å². The van der Waals surface area contributed by atoms with Gasteiger partial charge in [-0.05, 0) is 43.2 Å². The number of halogens is 2. The predicted molar refractivity (Wildman–Crippen MR) is 73.0 cm³/mol. The van der Waals surface area contributed by atoms with E-state index in [-0.39, 0.29) is 15.8 Å². The third kappa shape index (κ3) is 2.55. The molecular formula is C14H11Cl2O2. The second-order valence-electron chi connectivity index (χ2n) is 3.99. The fourth-order valence-corrected chi connectivity index (χ4v) is 2.19. The van der Waals surface area contributed by atoms with Crippen molar-refractivity contribution in [1.29, 1.82) is 0 Å². The van der Waals surface area contributed by atoms with Gasteiger partial charge in [0, 0.05) is 12.1 Å². The number of phenols is 1. The molecule has 93 valence electrons. The van der Waals surface area contributed by atoms with Gasteiger partial charge in [-0.25, -0.2) is 0 Å². The Labute approximate surface area is 116 Å². The van der Waals surface area contributed by atoms with Crippen molar-refractivity contribution in [2.75, 3.05) is 0 Å². The van der Waals surface area contributed by atoms with Crippen molar-refractivity contribution in [1.82, 2.24) is 0 Å². The van der Waals surface area contributed by atoms with E-state index in [0.29, 0.717) is 11.5 Å². The highest BCUT2D eigenvalue weighted by molar-refractivity contribution is 6.37. The molecule has 0 saturated carbocycles. The molecule has 4 heteroatoms. The minimum atomic E-state index is 0.00666. The van der Waals surface area contributed by atoms with Gasteiger partial charge >= 0.3 is 0 Å². The van der Waals surface area contributed by atoms with E-state index in [4.69, 9.17) is 27.9 Å². The summed E-state index contributed by atoms with van der Waals surface area (Å²) in [5.41, 5.74) is 1.88. The molecule has 0 atom stereocenters. The maximum atomic E-state index is 9.36. The molecule has 0 saturated heterocycles. The summed E-state index contributed by atoms with van der Waals surface area (Å²) in [5.74, 6) is 1.05. The fraction of sp³-hybridized carbons (Fsp3) is 0.143. The minimum Gasteiger partial charge on any atom is -0.508 e. The van der Waals surface area contributed by atoms with Gasteiger partial charge in [0.1, 0.15) is 11.5 Å². The second-order valence-corrected chi connectivity index (χ2v) is 4.81. The Morgan fingerprint density at radius 2 is 1.50 bits per heavy atom. The lowest BCUT2D eigenvalue weighted by molar-refractivity contribution is 0.462. The SMILES string of the molecule is Cc1c[c]cc(C)c1Oc1c(Cl)cc(O)cc1Cl. The molecule has 1 N–H and O–H groups in total. The van der Waals surface area contributed by atoms with Crippen molar-refractivity contribution >= 4 is 23.2 Å². The molecule has 0 fully saturated rings. The van der Waals surface area contributed by atoms with Crippen LogP contribution in [0.25, 0.3) is 0 Å². The average Bonchev–Trinajstić information content (AvgIpc) is 2.26. The summed E-state index contributed by atoms with van der Waals surface area (Å²) in [7, 11) is 0. The van der Waals surface area contributed by atoms with E-state index in [0.717, 1.165) is 11.1 Å². The molecule has 0 aliphatic heterocycles. The Balaban J connectivity index is 2.47. The van der Waals surface area contributed by atoms with Crippen LogP contribution in [-0.4, -0.2) is 5.11 Å². The number of phenolic OH excluding ortho intramolecular Hbond substituents is 1. The summed E-state index contributed by atoms with van der Waals surface area (Å²) < 4.78 is 5.76. The van der Waals surface area contributed by atoms with Gasteiger partial charge in [-0.2, -0.15) is 0 Å². The Hall–Kier alpha value is -1.38. The molecule has 2 nitrogen and oxygen atoms in total. The zero-order chi connectivity index (χ0) is 13.3. The van der Waals surface area contributed by atoms with E-state index in [9.17, 15) is 5.11 Å². The van der Waals surface area contributed by atoms with Crippen molar-refractivity contribution in [2.45, 2.75) is 13.8 Å². The smallest absolute Gasteiger partial charge is 0.164 e. The molecule has 2 aromatic rings. The van der Waals surface area contributed by atoms with Crippen molar-refractivity contribution in [3.05, 3.63) is 51.5 Å². The van der Waals surface area contributed by atoms with Crippen LogP contribution in [0.1, 0.15) is 11.1 Å². The van der Waals surface area contributed by atoms with Crippen LogP contribution in [0.4, 0.5) is 0 Å². The quantitative estimate of drug-likeness (QED) is 0.848.